The summed E-state index contributed by atoms with van der Waals surface area (Å²) in [5.41, 5.74) is 0.650. The number of esters is 1. The Morgan fingerprint density at radius 2 is 2.14 bits per heavy atom. The van der Waals surface area contributed by atoms with E-state index in [2.05, 4.69) is 4.99 Å². The van der Waals surface area contributed by atoms with Gasteiger partial charge in [0, 0.05) is 6.42 Å². The lowest BCUT2D eigenvalue weighted by Gasteiger charge is -2.04. The molecule has 0 aliphatic carbocycles. The van der Waals surface area contributed by atoms with Crippen LogP contribution in [-0.4, -0.2) is 23.1 Å². The molecule has 0 bridgehead atoms. The van der Waals surface area contributed by atoms with Crippen molar-refractivity contribution >= 4 is 33.4 Å². The molecule has 112 valence electrons. The molecule has 0 radical (unpaired) electrons. The average Bonchev–Trinajstić information content (AvgIpc) is 2.75. The highest BCUT2D eigenvalue weighted by Gasteiger charge is 2.12. The molecule has 0 unspecified atom stereocenters. The first-order chi connectivity index (χ1) is 10.0. The Labute approximate surface area is 124 Å². The van der Waals surface area contributed by atoms with Crippen molar-refractivity contribution in [2.45, 2.75) is 26.8 Å². The standard InChI is InChI=1S/C14H15FN2O3S/c1-3-12(18)16-14-17(8-13(19)20-4-2)10-6-5-9(15)7-11(10)21-14/h5-7H,3-4,8H2,1-2H3. The fraction of sp³-hybridized carbons (Fsp3) is 0.357. The zero-order valence-corrected chi connectivity index (χ0v) is 12.6. The highest BCUT2D eigenvalue weighted by Crippen LogP contribution is 2.18. The van der Waals surface area contributed by atoms with Crippen LogP contribution in [0, 0.1) is 5.82 Å². The van der Waals surface area contributed by atoms with E-state index in [1.165, 1.54) is 23.5 Å². The summed E-state index contributed by atoms with van der Waals surface area (Å²) in [6, 6.07) is 4.23. The van der Waals surface area contributed by atoms with E-state index < -0.39 is 5.97 Å². The number of hydrogen-bond acceptors (Lipinski definition) is 4. The van der Waals surface area contributed by atoms with Crippen LogP contribution in [0.2, 0.25) is 0 Å². The van der Waals surface area contributed by atoms with Crippen molar-refractivity contribution in [1.29, 1.82) is 0 Å². The predicted octanol–water partition coefficient (Wildman–Crippen LogP) is 2.24. The molecule has 0 saturated carbocycles. The Balaban J connectivity index is 2.57. The number of fused-ring (bicyclic) bond motifs is 1. The molecule has 21 heavy (non-hydrogen) atoms. The number of benzene rings is 1. The molecule has 2 aromatic rings. The highest BCUT2D eigenvalue weighted by molar-refractivity contribution is 7.16. The van der Waals surface area contributed by atoms with Gasteiger partial charge in [0.05, 0.1) is 16.8 Å². The van der Waals surface area contributed by atoms with Crippen molar-refractivity contribution in [3.8, 4) is 0 Å². The van der Waals surface area contributed by atoms with Gasteiger partial charge in [-0.2, -0.15) is 4.99 Å². The van der Waals surface area contributed by atoms with Crippen molar-refractivity contribution in [2.24, 2.45) is 4.99 Å². The van der Waals surface area contributed by atoms with Gasteiger partial charge in [0.2, 0.25) is 5.91 Å². The molecule has 1 aromatic carbocycles. The van der Waals surface area contributed by atoms with E-state index in [9.17, 15) is 14.0 Å². The van der Waals surface area contributed by atoms with E-state index in [0.717, 1.165) is 0 Å². The summed E-state index contributed by atoms with van der Waals surface area (Å²) >= 11 is 1.17. The minimum atomic E-state index is -0.424. The van der Waals surface area contributed by atoms with Crippen molar-refractivity contribution in [3.63, 3.8) is 0 Å². The van der Waals surface area contributed by atoms with E-state index in [0.29, 0.717) is 15.0 Å². The Morgan fingerprint density at radius 1 is 1.38 bits per heavy atom. The van der Waals surface area contributed by atoms with Gasteiger partial charge in [-0.1, -0.05) is 18.3 Å². The lowest BCUT2D eigenvalue weighted by atomic mass is 10.3. The minimum absolute atomic E-state index is 0.0602. The molecule has 0 aliphatic heterocycles. The first kappa shape index (κ1) is 15.4. The number of amides is 1. The Morgan fingerprint density at radius 3 is 2.81 bits per heavy atom. The van der Waals surface area contributed by atoms with Crippen molar-refractivity contribution in [3.05, 3.63) is 28.8 Å². The van der Waals surface area contributed by atoms with E-state index >= 15 is 0 Å². The fourth-order valence-corrected chi connectivity index (χ4v) is 2.88. The third kappa shape index (κ3) is 3.55. The summed E-state index contributed by atoms with van der Waals surface area (Å²) < 4.78 is 20.4. The van der Waals surface area contributed by atoms with Crippen LogP contribution in [0.15, 0.2) is 23.2 Å². The molecule has 0 atom stereocenters. The first-order valence-corrected chi connectivity index (χ1v) is 7.38. The average molecular weight is 310 g/mol. The lowest BCUT2D eigenvalue weighted by molar-refractivity contribution is -0.143. The summed E-state index contributed by atoms with van der Waals surface area (Å²) in [4.78, 5) is 27.6. The van der Waals surface area contributed by atoms with Gasteiger partial charge in [-0.25, -0.2) is 4.39 Å². The quantitative estimate of drug-likeness (QED) is 0.814. The maximum atomic E-state index is 13.3. The molecular formula is C14H15FN2O3S. The van der Waals surface area contributed by atoms with Crippen LogP contribution in [-0.2, 0) is 20.9 Å². The van der Waals surface area contributed by atoms with Gasteiger partial charge >= 0.3 is 5.97 Å². The van der Waals surface area contributed by atoms with Gasteiger partial charge in [0.15, 0.2) is 4.80 Å². The predicted molar refractivity (Wildman–Crippen MR) is 77.3 cm³/mol. The number of nitrogens with zero attached hydrogens (tertiary/aromatic N) is 2. The second kappa shape index (κ2) is 6.62. The van der Waals surface area contributed by atoms with Crippen LogP contribution < -0.4 is 4.80 Å². The summed E-state index contributed by atoms with van der Waals surface area (Å²) in [5, 5.41) is 0. The second-order valence-electron chi connectivity index (χ2n) is 4.25. The van der Waals surface area contributed by atoms with Crippen LogP contribution in [0.5, 0.6) is 0 Å². The largest absolute Gasteiger partial charge is 0.465 e. The van der Waals surface area contributed by atoms with Crippen LogP contribution >= 0.6 is 11.3 Å². The number of thiazole rings is 1. The smallest absolute Gasteiger partial charge is 0.326 e. The number of halogens is 1. The second-order valence-corrected chi connectivity index (χ2v) is 5.26. The summed E-state index contributed by atoms with van der Waals surface area (Å²) in [7, 11) is 0. The van der Waals surface area contributed by atoms with E-state index in [1.54, 1.807) is 24.5 Å². The van der Waals surface area contributed by atoms with Crippen molar-refractivity contribution in [1.82, 2.24) is 4.57 Å². The third-order valence-corrected chi connectivity index (χ3v) is 3.80. The third-order valence-electron chi connectivity index (χ3n) is 2.76. The number of ether oxygens (including phenoxy) is 1. The van der Waals surface area contributed by atoms with Gasteiger partial charge in [0.25, 0.3) is 0 Å². The fourth-order valence-electron chi connectivity index (χ4n) is 1.81. The number of carbonyl (C=O) groups excluding carboxylic acids is 2. The molecule has 0 fully saturated rings. The Bertz CT molecular complexity index is 748. The van der Waals surface area contributed by atoms with Crippen molar-refractivity contribution in [2.75, 3.05) is 6.61 Å². The van der Waals surface area contributed by atoms with E-state index in [1.807, 2.05) is 0 Å². The van der Waals surface area contributed by atoms with E-state index in [-0.39, 0.29) is 31.3 Å². The van der Waals surface area contributed by atoms with Crippen LogP contribution in [0.25, 0.3) is 10.2 Å². The summed E-state index contributed by atoms with van der Waals surface area (Å²) in [6.07, 6.45) is 0.266. The lowest BCUT2D eigenvalue weighted by Crippen LogP contribution is -2.23. The highest BCUT2D eigenvalue weighted by atomic mass is 32.1. The molecule has 1 amide bonds. The molecule has 0 N–H and O–H groups in total. The minimum Gasteiger partial charge on any atom is -0.465 e. The zero-order valence-electron chi connectivity index (χ0n) is 11.8. The molecule has 7 heteroatoms. The van der Waals surface area contributed by atoms with Gasteiger partial charge in [0.1, 0.15) is 12.4 Å². The molecule has 0 aliphatic rings. The molecule has 0 spiro atoms. The van der Waals surface area contributed by atoms with Crippen molar-refractivity contribution < 1.29 is 18.7 Å². The number of hydrogen-bond donors (Lipinski definition) is 0. The molecule has 1 aromatic heterocycles. The number of rotatable bonds is 4. The molecule has 1 heterocycles. The Hall–Kier alpha value is -2.02. The first-order valence-electron chi connectivity index (χ1n) is 6.57. The molecule has 2 rings (SSSR count). The summed E-state index contributed by atoms with van der Waals surface area (Å²) in [6.45, 7) is 3.63. The SMILES string of the molecule is CCOC(=O)Cn1c(=NC(=O)CC)sc2cc(F)ccc21. The van der Waals surface area contributed by atoms with Crippen LogP contribution in [0.1, 0.15) is 20.3 Å². The number of aromatic nitrogens is 1. The Kier molecular flexibility index (Phi) is 4.85. The zero-order chi connectivity index (χ0) is 15.4. The molecule has 5 nitrogen and oxygen atoms in total. The number of carbonyl (C=O) groups is 2. The maximum Gasteiger partial charge on any atom is 0.326 e. The topological polar surface area (TPSA) is 60.7 Å². The van der Waals surface area contributed by atoms with Crippen LogP contribution in [0.3, 0.4) is 0 Å². The normalized spacial score (nSPS) is 11.9. The van der Waals surface area contributed by atoms with Gasteiger partial charge < -0.3 is 9.30 Å². The van der Waals surface area contributed by atoms with Gasteiger partial charge in [-0.3, -0.25) is 9.59 Å². The maximum absolute atomic E-state index is 13.3. The monoisotopic (exact) mass is 310 g/mol. The van der Waals surface area contributed by atoms with Crippen LogP contribution in [0.4, 0.5) is 4.39 Å². The summed E-state index contributed by atoms with van der Waals surface area (Å²) in [5.74, 6) is -1.09. The van der Waals surface area contributed by atoms with E-state index in [4.69, 9.17) is 4.74 Å². The molecular weight excluding hydrogens is 295 g/mol. The van der Waals surface area contributed by atoms with Gasteiger partial charge in [-0.05, 0) is 25.1 Å². The molecule has 0 saturated heterocycles. The van der Waals surface area contributed by atoms with Gasteiger partial charge in [-0.15, -0.1) is 0 Å².